The van der Waals surface area contributed by atoms with Crippen molar-refractivity contribution in [1.29, 1.82) is 0 Å². The second-order valence-corrected chi connectivity index (χ2v) is 9.13. The maximum Gasteiger partial charge on any atom is 0.319 e. The minimum absolute atomic E-state index is 0.0276. The number of carbonyl (C=O) groups is 1. The highest BCUT2D eigenvalue weighted by atomic mass is 35.5. The summed E-state index contributed by atoms with van der Waals surface area (Å²) in [6.07, 6.45) is 2.11. The van der Waals surface area contributed by atoms with E-state index in [-0.39, 0.29) is 17.0 Å². The number of carbonyl (C=O) groups excluding carboxylic acids is 1. The summed E-state index contributed by atoms with van der Waals surface area (Å²) in [5.74, 6) is 0.127. The van der Waals surface area contributed by atoms with Gasteiger partial charge in [-0.25, -0.2) is 9.18 Å². The van der Waals surface area contributed by atoms with E-state index in [2.05, 4.69) is 40.2 Å². The molecular weight excluding hydrogens is 460 g/mol. The van der Waals surface area contributed by atoms with Crippen LogP contribution in [0.5, 0.6) is 0 Å². The van der Waals surface area contributed by atoms with E-state index in [0.717, 1.165) is 37.1 Å². The number of benzene rings is 3. The van der Waals surface area contributed by atoms with Crippen molar-refractivity contribution in [3.05, 3.63) is 88.2 Å². The average molecular weight is 486 g/mol. The van der Waals surface area contributed by atoms with Crippen LogP contribution in [0.15, 0.2) is 66.7 Å². The van der Waals surface area contributed by atoms with Gasteiger partial charge in [0.1, 0.15) is 5.82 Å². The second kappa shape index (κ2) is 11.0. The predicted octanol–water partition coefficient (Wildman–Crippen LogP) is 6.70. The Balaban J connectivity index is 1.46. The molecule has 0 aliphatic carbocycles. The Hall–Kier alpha value is -2.60. The Morgan fingerprint density at radius 2 is 1.76 bits per heavy atom. The SMILES string of the molecule is O=C(NCC(c1ccc(-c2cccc(Cl)c2)cc1)C1CCNCC1)Nc1ccc(F)c(Cl)c1. The average Bonchev–Trinajstić information content (AvgIpc) is 2.83. The van der Waals surface area contributed by atoms with Gasteiger partial charge in [-0.1, -0.05) is 59.6 Å². The Bertz CT molecular complexity index is 1100. The first-order valence-electron chi connectivity index (χ1n) is 11.1. The van der Waals surface area contributed by atoms with Gasteiger partial charge < -0.3 is 16.0 Å². The van der Waals surface area contributed by atoms with Gasteiger partial charge in [0.25, 0.3) is 0 Å². The molecule has 1 unspecified atom stereocenters. The number of rotatable bonds is 6. The predicted molar refractivity (Wildman–Crippen MR) is 134 cm³/mol. The molecule has 2 amide bonds. The summed E-state index contributed by atoms with van der Waals surface area (Å²) in [5, 5.41) is 9.81. The van der Waals surface area contributed by atoms with Crippen molar-refractivity contribution >= 4 is 34.9 Å². The number of urea groups is 1. The van der Waals surface area contributed by atoms with Gasteiger partial charge in [-0.05, 0) is 78.9 Å². The molecule has 4 rings (SSSR count). The minimum Gasteiger partial charge on any atom is -0.337 e. The molecule has 4 nitrogen and oxygen atoms in total. The third-order valence-corrected chi connectivity index (χ3v) is 6.63. The molecule has 3 aromatic rings. The molecular formula is C26H26Cl2FN3O. The lowest BCUT2D eigenvalue weighted by Gasteiger charge is -2.31. The van der Waals surface area contributed by atoms with Crippen LogP contribution in [0.25, 0.3) is 11.1 Å². The third-order valence-electron chi connectivity index (χ3n) is 6.11. The molecule has 172 valence electrons. The lowest BCUT2D eigenvalue weighted by atomic mass is 9.80. The molecule has 3 aromatic carbocycles. The number of hydrogen-bond donors (Lipinski definition) is 3. The Morgan fingerprint density at radius 1 is 1.00 bits per heavy atom. The molecule has 1 atom stereocenters. The topological polar surface area (TPSA) is 53.2 Å². The quantitative estimate of drug-likeness (QED) is 0.363. The maximum atomic E-state index is 13.4. The van der Waals surface area contributed by atoms with Crippen LogP contribution in [0.3, 0.4) is 0 Å². The molecule has 0 radical (unpaired) electrons. The van der Waals surface area contributed by atoms with Crippen molar-refractivity contribution in [2.75, 3.05) is 25.0 Å². The van der Waals surface area contributed by atoms with Crippen molar-refractivity contribution in [1.82, 2.24) is 10.6 Å². The van der Waals surface area contributed by atoms with Crippen LogP contribution in [-0.2, 0) is 0 Å². The van der Waals surface area contributed by atoms with Crippen molar-refractivity contribution in [3.63, 3.8) is 0 Å². The van der Waals surface area contributed by atoms with Gasteiger partial charge in [0.15, 0.2) is 0 Å². The van der Waals surface area contributed by atoms with Gasteiger partial charge in [-0.3, -0.25) is 0 Å². The first-order valence-corrected chi connectivity index (χ1v) is 11.8. The van der Waals surface area contributed by atoms with Crippen LogP contribution in [0.4, 0.5) is 14.9 Å². The highest BCUT2D eigenvalue weighted by Crippen LogP contribution is 2.32. The Kier molecular flexibility index (Phi) is 7.86. The van der Waals surface area contributed by atoms with E-state index in [0.29, 0.717) is 23.2 Å². The molecule has 0 aromatic heterocycles. The lowest BCUT2D eigenvalue weighted by Crippen LogP contribution is -2.38. The maximum absolute atomic E-state index is 13.4. The molecule has 1 heterocycles. The molecule has 7 heteroatoms. The fourth-order valence-electron chi connectivity index (χ4n) is 4.35. The highest BCUT2D eigenvalue weighted by Gasteiger charge is 2.25. The van der Waals surface area contributed by atoms with Crippen molar-refractivity contribution < 1.29 is 9.18 Å². The zero-order valence-electron chi connectivity index (χ0n) is 18.1. The molecule has 33 heavy (non-hydrogen) atoms. The molecule has 0 spiro atoms. The third kappa shape index (κ3) is 6.26. The summed E-state index contributed by atoms with van der Waals surface area (Å²) in [6.45, 7) is 2.45. The van der Waals surface area contributed by atoms with Crippen LogP contribution in [0, 0.1) is 11.7 Å². The number of hydrogen-bond acceptors (Lipinski definition) is 2. The summed E-state index contributed by atoms with van der Waals surface area (Å²) < 4.78 is 13.4. The number of nitrogens with one attached hydrogen (secondary N) is 3. The molecule has 1 aliphatic heterocycles. The van der Waals surface area contributed by atoms with E-state index in [1.54, 1.807) is 0 Å². The van der Waals surface area contributed by atoms with E-state index in [4.69, 9.17) is 23.2 Å². The van der Waals surface area contributed by atoms with E-state index in [1.807, 2.05) is 24.3 Å². The normalized spacial score (nSPS) is 15.1. The van der Waals surface area contributed by atoms with E-state index in [1.165, 1.54) is 23.8 Å². The van der Waals surface area contributed by atoms with Crippen LogP contribution in [-0.4, -0.2) is 25.7 Å². The van der Waals surface area contributed by atoms with Gasteiger partial charge in [0, 0.05) is 23.2 Å². The number of halogens is 3. The smallest absolute Gasteiger partial charge is 0.319 e. The standard InChI is InChI=1S/C26H26Cl2FN3O/c27-21-3-1-2-20(14-21)17-4-6-18(7-5-17)23(19-10-12-30-13-11-19)16-31-26(33)32-22-8-9-25(29)24(28)15-22/h1-9,14-15,19,23,30H,10-13,16H2,(H2,31,32,33). The Morgan fingerprint density at radius 3 is 2.45 bits per heavy atom. The number of piperidine rings is 1. The molecule has 1 saturated heterocycles. The number of amides is 2. The fraction of sp³-hybridized carbons (Fsp3) is 0.269. The summed E-state index contributed by atoms with van der Waals surface area (Å²) in [5.41, 5.74) is 3.81. The molecule has 1 aliphatic rings. The first-order chi connectivity index (χ1) is 16.0. The van der Waals surface area contributed by atoms with Crippen molar-refractivity contribution in [3.8, 4) is 11.1 Å². The van der Waals surface area contributed by atoms with Gasteiger partial charge in [-0.2, -0.15) is 0 Å². The van der Waals surface area contributed by atoms with Crippen molar-refractivity contribution in [2.24, 2.45) is 5.92 Å². The van der Waals surface area contributed by atoms with Crippen LogP contribution in [0.1, 0.15) is 24.3 Å². The van der Waals surface area contributed by atoms with Gasteiger partial charge in [0.05, 0.1) is 5.02 Å². The van der Waals surface area contributed by atoms with Crippen LogP contribution in [0.2, 0.25) is 10.0 Å². The molecule has 0 bridgehead atoms. The zero-order valence-corrected chi connectivity index (χ0v) is 19.6. The molecule has 3 N–H and O–H groups in total. The zero-order chi connectivity index (χ0) is 23.2. The monoisotopic (exact) mass is 485 g/mol. The van der Waals surface area contributed by atoms with Gasteiger partial charge in [0.2, 0.25) is 0 Å². The van der Waals surface area contributed by atoms with Gasteiger partial charge >= 0.3 is 6.03 Å². The first kappa shape index (κ1) is 23.6. The van der Waals surface area contributed by atoms with Crippen LogP contribution >= 0.6 is 23.2 Å². The molecule has 1 fully saturated rings. The summed E-state index contributed by atoms with van der Waals surface area (Å²) in [6, 6.07) is 20.1. The summed E-state index contributed by atoms with van der Waals surface area (Å²) in [7, 11) is 0. The fourth-order valence-corrected chi connectivity index (χ4v) is 4.72. The van der Waals surface area contributed by atoms with E-state index in [9.17, 15) is 9.18 Å². The summed E-state index contributed by atoms with van der Waals surface area (Å²) >= 11 is 12.0. The number of anilines is 1. The highest BCUT2D eigenvalue weighted by molar-refractivity contribution is 6.31. The lowest BCUT2D eigenvalue weighted by molar-refractivity contribution is 0.247. The van der Waals surface area contributed by atoms with Crippen molar-refractivity contribution in [2.45, 2.75) is 18.8 Å². The minimum atomic E-state index is -0.519. The largest absolute Gasteiger partial charge is 0.337 e. The summed E-state index contributed by atoms with van der Waals surface area (Å²) in [4.78, 5) is 12.5. The molecule has 0 saturated carbocycles. The second-order valence-electron chi connectivity index (χ2n) is 8.29. The van der Waals surface area contributed by atoms with E-state index >= 15 is 0 Å². The van der Waals surface area contributed by atoms with Gasteiger partial charge in [-0.15, -0.1) is 0 Å². The Labute approximate surface area is 203 Å². The van der Waals surface area contributed by atoms with Crippen LogP contribution < -0.4 is 16.0 Å². The van der Waals surface area contributed by atoms with E-state index < -0.39 is 5.82 Å².